The summed E-state index contributed by atoms with van der Waals surface area (Å²) in [7, 11) is 0. The van der Waals surface area contributed by atoms with Crippen LogP contribution in [-0.4, -0.2) is 20.0 Å². The van der Waals surface area contributed by atoms with E-state index in [0.717, 1.165) is 12.3 Å². The van der Waals surface area contributed by atoms with Crippen LogP contribution in [0.1, 0.15) is 5.82 Å². The standard InChI is InChI=1S/C6H5N3O3/c10-4-2-5-7-3-1-6(8-5)9(11)12/h1-4,10H. The minimum Gasteiger partial charge on any atom is -0.515 e. The molecule has 1 rings (SSSR count). The minimum absolute atomic E-state index is 0.103. The fourth-order valence-electron chi connectivity index (χ4n) is 0.612. The molecule has 0 bridgehead atoms. The summed E-state index contributed by atoms with van der Waals surface area (Å²) in [5.41, 5.74) is 0. The van der Waals surface area contributed by atoms with Gasteiger partial charge in [0, 0.05) is 12.3 Å². The van der Waals surface area contributed by atoms with Gasteiger partial charge in [0.15, 0.2) is 0 Å². The van der Waals surface area contributed by atoms with Gasteiger partial charge in [-0.15, -0.1) is 0 Å². The first-order chi connectivity index (χ1) is 5.74. The maximum Gasteiger partial charge on any atom is 0.367 e. The molecule has 0 spiro atoms. The van der Waals surface area contributed by atoms with Crippen molar-refractivity contribution in [2.75, 3.05) is 0 Å². The molecule has 6 nitrogen and oxygen atoms in total. The second-order valence-corrected chi connectivity index (χ2v) is 1.85. The maximum atomic E-state index is 10.2. The van der Waals surface area contributed by atoms with Crippen molar-refractivity contribution in [3.05, 3.63) is 34.5 Å². The van der Waals surface area contributed by atoms with Crippen molar-refractivity contribution < 1.29 is 10.0 Å². The Morgan fingerprint density at radius 2 is 2.42 bits per heavy atom. The van der Waals surface area contributed by atoms with Crippen LogP contribution in [0, 0.1) is 10.1 Å². The van der Waals surface area contributed by atoms with Gasteiger partial charge in [-0.2, -0.15) is 0 Å². The number of aliphatic hydroxyl groups excluding tert-OH is 1. The fraction of sp³-hybridized carbons (Fsp3) is 0. The lowest BCUT2D eigenvalue weighted by Gasteiger charge is -1.89. The molecule has 0 aliphatic carbocycles. The number of nitro groups is 1. The molecule has 0 saturated carbocycles. The van der Waals surface area contributed by atoms with Crippen molar-refractivity contribution in [1.82, 2.24) is 9.97 Å². The third-order valence-electron chi connectivity index (χ3n) is 1.07. The summed E-state index contributed by atoms with van der Waals surface area (Å²) in [6.45, 7) is 0. The highest BCUT2D eigenvalue weighted by atomic mass is 16.6. The molecular formula is C6H5N3O3. The van der Waals surface area contributed by atoms with E-state index in [1.807, 2.05) is 0 Å². The van der Waals surface area contributed by atoms with E-state index in [2.05, 4.69) is 9.97 Å². The van der Waals surface area contributed by atoms with Crippen LogP contribution in [-0.2, 0) is 0 Å². The van der Waals surface area contributed by atoms with E-state index in [-0.39, 0.29) is 11.6 Å². The molecule has 62 valence electrons. The Bertz CT molecular complexity index is 324. The predicted octanol–water partition coefficient (Wildman–Crippen LogP) is 0.913. The lowest BCUT2D eigenvalue weighted by molar-refractivity contribution is -0.389. The zero-order valence-electron chi connectivity index (χ0n) is 5.91. The highest BCUT2D eigenvalue weighted by molar-refractivity contribution is 5.39. The molecule has 1 aromatic heterocycles. The number of aromatic nitrogens is 2. The van der Waals surface area contributed by atoms with Crippen LogP contribution in [0.2, 0.25) is 0 Å². The summed E-state index contributed by atoms with van der Waals surface area (Å²) in [6.07, 6.45) is 3.13. The van der Waals surface area contributed by atoms with E-state index < -0.39 is 4.92 Å². The minimum atomic E-state index is -0.629. The topological polar surface area (TPSA) is 89.2 Å². The average Bonchev–Trinajstić information content (AvgIpc) is 2.05. The first kappa shape index (κ1) is 8.12. The third-order valence-corrected chi connectivity index (χ3v) is 1.07. The first-order valence-corrected chi connectivity index (χ1v) is 3.02. The molecule has 6 heteroatoms. The Balaban J connectivity index is 3.03. The van der Waals surface area contributed by atoms with Crippen molar-refractivity contribution in [2.45, 2.75) is 0 Å². The molecule has 12 heavy (non-hydrogen) atoms. The maximum absolute atomic E-state index is 10.2. The Morgan fingerprint density at radius 3 is 3.00 bits per heavy atom. The molecule has 0 aliphatic rings. The number of nitrogens with zero attached hydrogens (tertiary/aromatic N) is 3. The van der Waals surface area contributed by atoms with Crippen LogP contribution >= 0.6 is 0 Å². The molecule has 0 amide bonds. The largest absolute Gasteiger partial charge is 0.515 e. The number of rotatable bonds is 2. The SMILES string of the molecule is O=[N+]([O-])c1ccnc(C=CO)n1. The average molecular weight is 167 g/mol. The Labute approximate surface area is 67.4 Å². The highest BCUT2D eigenvalue weighted by Gasteiger charge is 2.07. The molecule has 0 fully saturated rings. The van der Waals surface area contributed by atoms with Gasteiger partial charge in [0.05, 0.1) is 12.3 Å². The van der Waals surface area contributed by atoms with Gasteiger partial charge in [-0.25, -0.2) is 4.98 Å². The molecule has 1 heterocycles. The van der Waals surface area contributed by atoms with Crippen LogP contribution in [0.15, 0.2) is 18.5 Å². The van der Waals surface area contributed by atoms with Gasteiger partial charge in [-0.3, -0.25) is 0 Å². The molecule has 1 N–H and O–H groups in total. The van der Waals surface area contributed by atoms with Crippen LogP contribution < -0.4 is 0 Å². The van der Waals surface area contributed by atoms with E-state index in [0.29, 0.717) is 0 Å². The van der Waals surface area contributed by atoms with Gasteiger partial charge >= 0.3 is 5.82 Å². The Hall–Kier alpha value is -1.98. The molecule has 0 unspecified atom stereocenters. The van der Waals surface area contributed by atoms with Crippen molar-refractivity contribution in [1.29, 1.82) is 0 Å². The highest BCUT2D eigenvalue weighted by Crippen LogP contribution is 2.05. The lowest BCUT2D eigenvalue weighted by Crippen LogP contribution is -1.94. The monoisotopic (exact) mass is 167 g/mol. The Morgan fingerprint density at radius 1 is 1.67 bits per heavy atom. The molecule has 0 aromatic carbocycles. The van der Waals surface area contributed by atoms with Crippen LogP contribution in [0.3, 0.4) is 0 Å². The second-order valence-electron chi connectivity index (χ2n) is 1.85. The molecule has 0 radical (unpaired) electrons. The summed E-state index contributed by atoms with van der Waals surface area (Å²) in [5.74, 6) is -0.190. The predicted molar refractivity (Wildman–Crippen MR) is 40.3 cm³/mol. The smallest absolute Gasteiger partial charge is 0.367 e. The van der Waals surface area contributed by atoms with Gasteiger partial charge in [0.25, 0.3) is 5.82 Å². The summed E-state index contributed by atoms with van der Waals surface area (Å²) in [5, 5.41) is 18.5. The van der Waals surface area contributed by atoms with Crippen molar-refractivity contribution >= 4 is 11.9 Å². The third kappa shape index (κ3) is 1.75. The van der Waals surface area contributed by atoms with Crippen molar-refractivity contribution in [2.24, 2.45) is 0 Å². The van der Waals surface area contributed by atoms with E-state index in [4.69, 9.17) is 5.11 Å². The van der Waals surface area contributed by atoms with E-state index >= 15 is 0 Å². The number of aliphatic hydroxyl groups is 1. The van der Waals surface area contributed by atoms with E-state index in [1.54, 1.807) is 0 Å². The number of hydrogen-bond acceptors (Lipinski definition) is 5. The summed E-state index contributed by atoms with van der Waals surface area (Å²) < 4.78 is 0. The first-order valence-electron chi connectivity index (χ1n) is 3.02. The van der Waals surface area contributed by atoms with Gasteiger partial charge < -0.3 is 15.2 Å². The summed E-state index contributed by atoms with van der Waals surface area (Å²) in [6, 6.07) is 1.18. The zero-order valence-corrected chi connectivity index (χ0v) is 5.91. The molecule has 1 aromatic rings. The zero-order chi connectivity index (χ0) is 8.97. The van der Waals surface area contributed by atoms with Gasteiger partial charge in [0.1, 0.15) is 0 Å². The van der Waals surface area contributed by atoms with E-state index in [1.165, 1.54) is 12.3 Å². The van der Waals surface area contributed by atoms with Gasteiger partial charge in [0.2, 0.25) is 0 Å². The lowest BCUT2D eigenvalue weighted by atomic mass is 10.5. The molecule has 0 aliphatic heterocycles. The normalized spacial score (nSPS) is 10.3. The number of hydrogen-bond donors (Lipinski definition) is 1. The van der Waals surface area contributed by atoms with Gasteiger partial charge in [-0.05, 0) is 9.91 Å². The van der Waals surface area contributed by atoms with Crippen LogP contribution in [0.5, 0.6) is 0 Å². The second kappa shape index (κ2) is 3.42. The fourth-order valence-corrected chi connectivity index (χ4v) is 0.612. The van der Waals surface area contributed by atoms with Gasteiger partial charge in [-0.1, -0.05) is 0 Å². The van der Waals surface area contributed by atoms with Crippen molar-refractivity contribution in [3.63, 3.8) is 0 Å². The summed E-state index contributed by atoms with van der Waals surface area (Å²) >= 11 is 0. The molecule has 0 saturated heterocycles. The van der Waals surface area contributed by atoms with Crippen LogP contribution in [0.4, 0.5) is 5.82 Å². The van der Waals surface area contributed by atoms with E-state index in [9.17, 15) is 10.1 Å². The van der Waals surface area contributed by atoms with Crippen LogP contribution in [0.25, 0.3) is 6.08 Å². The molecule has 0 atom stereocenters. The molecular weight excluding hydrogens is 162 g/mol. The summed E-state index contributed by atoms with van der Waals surface area (Å²) in [4.78, 5) is 16.7. The quantitative estimate of drug-likeness (QED) is 0.401. The van der Waals surface area contributed by atoms with Crippen molar-refractivity contribution in [3.8, 4) is 0 Å². The Kier molecular flexibility index (Phi) is 2.32.